The number of hydrogen-bond acceptors (Lipinski definition) is 8. The number of halogens is 3. The molecule has 1 saturated heterocycles. The molecule has 0 saturated carbocycles. The highest BCUT2D eigenvalue weighted by Crippen LogP contribution is 2.45. The van der Waals surface area contributed by atoms with Crippen LogP contribution in [0.5, 0.6) is 11.5 Å². The summed E-state index contributed by atoms with van der Waals surface area (Å²) in [4.78, 5) is 6.80. The molecule has 1 fully saturated rings. The Morgan fingerprint density at radius 3 is 2.46 bits per heavy atom. The topological polar surface area (TPSA) is 118 Å². The van der Waals surface area contributed by atoms with Crippen LogP contribution in [0.1, 0.15) is 5.56 Å². The minimum atomic E-state index is -4.55. The number of nitrogens with zero attached hydrogens (tertiary/aromatic N) is 2. The van der Waals surface area contributed by atoms with Gasteiger partial charge in [-0.15, -0.1) is 0 Å². The minimum Gasteiger partial charge on any atom is -0.485 e. The zero-order chi connectivity index (χ0) is 24.8. The maximum atomic E-state index is 13.4. The Morgan fingerprint density at radius 1 is 1.06 bits per heavy atom. The molecule has 35 heavy (non-hydrogen) atoms. The van der Waals surface area contributed by atoms with Gasteiger partial charge in [0.05, 0.1) is 29.9 Å². The van der Waals surface area contributed by atoms with Crippen molar-refractivity contribution in [1.82, 2.24) is 14.3 Å². The van der Waals surface area contributed by atoms with Crippen molar-refractivity contribution in [3.8, 4) is 11.5 Å². The van der Waals surface area contributed by atoms with Crippen molar-refractivity contribution in [2.24, 2.45) is 0 Å². The molecule has 3 aromatic rings. The molecule has 188 valence electrons. The smallest absolute Gasteiger partial charge is 0.418 e. The summed E-state index contributed by atoms with van der Waals surface area (Å²) in [6, 6.07) is 4.36. The van der Waals surface area contributed by atoms with Gasteiger partial charge in [-0.25, -0.2) is 13.4 Å². The zero-order valence-electron chi connectivity index (χ0n) is 18.5. The number of H-pyrrole nitrogens is 1. The third kappa shape index (κ3) is 4.21. The SMILES string of the molecule is CNc1cc(Nc2ccc(S(=O)(=O)N3CCOCC3)c3c2OCCO3)nc2[nH]cc(C(F)(F)F)c12. The monoisotopic (exact) mass is 513 g/mol. The lowest BCUT2D eigenvalue weighted by molar-refractivity contribution is -0.136. The highest BCUT2D eigenvalue weighted by atomic mass is 32.2. The van der Waals surface area contributed by atoms with Crippen LogP contribution in [0.25, 0.3) is 11.0 Å². The predicted molar refractivity (Wildman–Crippen MR) is 121 cm³/mol. The van der Waals surface area contributed by atoms with Gasteiger partial charge in [-0.1, -0.05) is 0 Å². The average molecular weight is 513 g/mol. The lowest BCUT2D eigenvalue weighted by Crippen LogP contribution is -2.40. The number of nitrogens with one attached hydrogen (secondary N) is 3. The number of fused-ring (bicyclic) bond motifs is 2. The lowest BCUT2D eigenvalue weighted by atomic mass is 10.1. The first kappa shape index (κ1) is 23.5. The molecule has 0 amide bonds. The van der Waals surface area contributed by atoms with Crippen LogP contribution in [0, 0.1) is 0 Å². The summed E-state index contributed by atoms with van der Waals surface area (Å²) >= 11 is 0. The number of aromatic nitrogens is 2. The molecule has 3 N–H and O–H groups in total. The molecule has 0 unspecified atom stereocenters. The Morgan fingerprint density at radius 2 is 1.77 bits per heavy atom. The van der Waals surface area contributed by atoms with Crippen LogP contribution in [0.3, 0.4) is 0 Å². The van der Waals surface area contributed by atoms with E-state index < -0.39 is 21.8 Å². The van der Waals surface area contributed by atoms with Gasteiger partial charge < -0.3 is 29.8 Å². The maximum absolute atomic E-state index is 13.4. The number of morpholine rings is 1. The summed E-state index contributed by atoms with van der Waals surface area (Å²) < 4.78 is 84.7. The Labute approximate surface area is 198 Å². The Kier molecular flexibility index (Phi) is 5.89. The molecule has 2 aliphatic rings. The molecule has 0 spiro atoms. The van der Waals surface area contributed by atoms with Gasteiger partial charge in [0.25, 0.3) is 0 Å². The second-order valence-corrected chi connectivity index (χ2v) is 9.74. The van der Waals surface area contributed by atoms with E-state index >= 15 is 0 Å². The van der Waals surface area contributed by atoms with Gasteiger partial charge in [0, 0.05) is 38.1 Å². The molecule has 0 aliphatic carbocycles. The van der Waals surface area contributed by atoms with Crippen LogP contribution < -0.4 is 20.1 Å². The molecule has 0 radical (unpaired) electrons. The average Bonchev–Trinajstić information content (AvgIpc) is 3.29. The fourth-order valence-corrected chi connectivity index (χ4v) is 5.63. The molecule has 0 bridgehead atoms. The van der Waals surface area contributed by atoms with E-state index in [1.54, 1.807) is 0 Å². The number of aromatic amines is 1. The van der Waals surface area contributed by atoms with Crippen LogP contribution in [-0.2, 0) is 20.9 Å². The number of ether oxygens (including phenoxy) is 3. The van der Waals surface area contributed by atoms with E-state index in [0.29, 0.717) is 18.9 Å². The van der Waals surface area contributed by atoms with E-state index in [4.69, 9.17) is 14.2 Å². The Balaban J connectivity index is 1.54. The van der Waals surface area contributed by atoms with Crippen molar-refractivity contribution in [2.75, 3.05) is 57.2 Å². The quantitative estimate of drug-likeness (QED) is 0.476. The summed E-state index contributed by atoms with van der Waals surface area (Å²) in [5, 5.41) is 5.71. The first-order chi connectivity index (χ1) is 16.7. The Hall–Kier alpha value is -3.23. The third-order valence-corrected chi connectivity index (χ3v) is 7.64. The summed E-state index contributed by atoms with van der Waals surface area (Å²) in [5.41, 5.74) is -0.229. The number of pyridine rings is 1. The zero-order valence-corrected chi connectivity index (χ0v) is 19.3. The van der Waals surface area contributed by atoms with Gasteiger partial charge in [0.1, 0.15) is 29.6 Å². The van der Waals surface area contributed by atoms with Gasteiger partial charge in [-0.2, -0.15) is 17.5 Å². The van der Waals surface area contributed by atoms with Crippen molar-refractivity contribution < 1.29 is 35.8 Å². The van der Waals surface area contributed by atoms with Gasteiger partial charge >= 0.3 is 6.18 Å². The van der Waals surface area contributed by atoms with Crippen LogP contribution >= 0.6 is 0 Å². The minimum absolute atomic E-state index is 0.0295. The van der Waals surface area contributed by atoms with Gasteiger partial charge in [-0.05, 0) is 12.1 Å². The molecule has 5 rings (SSSR count). The van der Waals surface area contributed by atoms with Gasteiger partial charge in [0.2, 0.25) is 10.0 Å². The molecule has 14 heteroatoms. The van der Waals surface area contributed by atoms with Crippen LogP contribution in [0.2, 0.25) is 0 Å². The molecular formula is C21H22F3N5O5S. The summed E-state index contributed by atoms with van der Waals surface area (Å²) in [6.07, 6.45) is -3.68. The number of hydrogen-bond donors (Lipinski definition) is 3. The molecule has 4 heterocycles. The maximum Gasteiger partial charge on any atom is 0.418 e. The molecule has 10 nitrogen and oxygen atoms in total. The van der Waals surface area contributed by atoms with Crippen molar-refractivity contribution in [3.63, 3.8) is 0 Å². The van der Waals surface area contributed by atoms with Crippen LogP contribution in [-0.4, -0.2) is 69.3 Å². The number of sulfonamides is 1. The van der Waals surface area contributed by atoms with E-state index in [1.807, 2.05) is 0 Å². The first-order valence-corrected chi connectivity index (χ1v) is 12.2. The molecule has 2 aliphatic heterocycles. The van der Waals surface area contributed by atoms with Gasteiger partial charge in [-0.3, -0.25) is 0 Å². The van der Waals surface area contributed by atoms with Crippen molar-refractivity contribution in [1.29, 1.82) is 0 Å². The molecule has 1 aromatic carbocycles. The number of anilines is 3. The standard InChI is InChI=1S/C21H22F3N5O5S/c1-25-14-10-16(28-20-17(14)12(11-26-20)21(22,23)24)27-13-2-3-15(19-18(13)33-8-9-34-19)35(30,31)29-4-6-32-7-5-29/h2-3,10-11H,4-9H2,1H3,(H3,25,26,27,28). The fourth-order valence-electron chi connectivity index (χ4n) is 4.10. The van der Waals surface area contributed by atoms with E-state index in [1.165, 1.54) is 29.6 Å². The van der Waals surface area contributed by atoms with Crippen molar-refractivity contribution in [3.05, 3.63) is 30.0 Å². The second-order valence-electron chi connectivity index (χ2n) is 7.84. The van der Waals surface area contributed by atoms with E-state index in [2.05, 4.69) is 20.6 Å². The van der Waals surface area contributed by atoms with E-state index in [0.717, 1.165) is 6.20 Å². The largest absolute Gasteiger partial charge is 0.485 e. The highest BCUT2D eigenvalue weighted by molar-refractivity contribution is 7.89. The van der Waals surface area contributed by atoms with Crippen LogP contribution in [0.15, 0.2) is 29.3 Å². The van der Waals surface area contributed by atoms with Gasteiger partial charge in [0.15, 0.2) is 11.5 Å². The molecule has 2 aromatic heterocycles. The summed E-state index contributed by atoms with van der Waals surface area (Å²) in [6.45, 7) is 1.42. The molecule has 0 atom stereocenters. The van der Waals surface area contributed by atoms with E-state index in [9.17, 15) is 21.6 Å². The normalized spacial score (nSPS) is 16.9. The number of rotatable bonds is 5. The lowest BCUT2D eigenvalue weighted by Gasteiger charge is -2.29. The fraction of sp³-hybridized carbons (Fsp3) is 0.381. The Bertz CT molecular complexity index is 1370. The highest BCUT2D eigenvalue weighted by Gasteiger charge is 2.36. The van der Waals surface area contributed by atoms with Crippen molar-refractivity contribution in [2.45, 2.75) is 11.1 Å². The molecular weight excluding hydrogens is 491 g/mol. The summed E-state index contributed by atoms with van der Waals surface area (Å²) in [5.74, 6) is 0.473. The second kappa shape index (κ2) is 8.77. The summed E-state index contributed by atoms with van der Waals surface area (Å²) in [7, 11) is -2.35. The number of alkyl halides is 3. The number of benzene rings is 1. The van der Waals surface area contributed by atoms with E-state index in [-0.39, 0.29) is 65.2 Å². The third-order valence-electron chi connectivity index (χ3n) is 5.72. The van der Waals surface area contributed by atoms with Crippen molar-refractivity contribution >= 4 is 38.2 Å². The predicted octanol–water partition coefficient (Wildman–Crippen LogP) is 3.16. The first-order valence-electron chi connectivity index (χ1n) is 10.7. The van der Waals surface area contributed by atoms with Crippen LogP contribution in [0.4, 0.5) is 30.4 Å².